The molecule has 94 valence electrons. The molecule has 0 radical (unpaired) electrons. The fraction of sp³-hybridized carbons (Fsp3) is 0.100. The number of hydrazine groups is 1. The van der Waals surface area contributed by atoms with Crippen molar-refractivity contribution in [2.45, 2.75) is 0 Å². The number of anilines is 1. The van der Waals surface area contributed by atoms with Crippen molar-refractivity contribution >= 4 is 11.6 Å². The molecule has 0 heterocycles. The van der Waals surface area contributed by atoms with Gasteiger partial charge in [0.05, 0.1) is 11.3 Å². The summed E-state index contributed by atoms with van der Waals surface area (Å²) in [4.78, 5) is 10.8. The largest absolute Gasteiger partial charge is 0.403 e. The molecule has 0 bridgehead atoms. The molecular weight excluding hydrogens is 225 g/mol. The molecule has 0 aliphatic rings. The number of nitrogens with zero attached hydrogens (tertiary/aromatic N) is 1. The molecule has 0 unspecified atom stereocenters. The maximum atomic E-state index is 13.1. The Morgan fingerprint density at radius 3 is 2.47 bits per heavy atom. The third-order valence-electron chi connectivity index (χ3n) is 1.76. The molecule has 7 heteroatoms. The van der Waals surface area contributed by atoms with Gasteiger partial charge in [-0.2, -0.15) is 0 Å². The number of rotatable bonds is 3. The average Bonchev–Trinajstić information content (AvgIpc) is 2.32. The number of halogens is 1. The van der Waals surface area contributed by atoms with Gasteiger partial charge in [-0.25, -0.2) is 10.2 Å². The van der Waals surface area contributed by atoms with Crippen LogP contribution in [-0.2, 0) is 0 Å². The third kappa shape index (κ3) is 4.09. The van der Waals surface area contributed by atoms with Crippen LogP contribution < -0.4 is 28.1 Å². The van der Waals surface area contributed by atoms with Gasteiger partial charge in [-0.1, -0.05) is 0 Å². The Hall–Kier alpha value is -2.12. The predicted octanol–water partition coefficient (Wildman–Crippen LogP) is -0.390. The van der Waals surface area contributed by atoms with E-state index in [0.29, 0.717) is 5.69 Å². The SMILES string of the molecule is CN.N/C=C\N(N)c1ccc(F)c(C(N)=O)c1. The molecular formula is C10H16FN5O. The summed E-state index contributed by atoms with van der Waals surface area (Å²) in [6.07, 6.45) is 2.57. The van der Waals surface area contributed by atoms with Gasteiger partial charge >= 0.3 is 0 Å². The smallest absolute Gasteiger partial charge is 0.251 e. The summed E-state index contributed by atoms with van der Waals surface area (Å²) in [6.45, 7) is 0. The Balaban J connectivity index is 0.00000121. The first-order valence-corrected chi connectivity index (χ1v) is 4.65. The minimum Gasteiger partial charge on any atom is -0.403 e. The summed E-state index contributed by atoms with van der Waals surface area (Å²) in [5.41, 5.74) is 14.8. The number of primary amides is 1. The van der Waals surface area contributed by atoms with Crippen LogP contribution in [0.3, 0.4) is 0 Å². The molecule has 0 spiro atoms. The highest BCUT2D eigenvalue weighted by atomic mass is 19.1. The fourth-order valence-electron chi connectivity index (χ4n) is 1.04. The number of hydrogen-bond acceptors (Lipinski definition) is 5. The van der Waals surface area contributed by atoms with E-state index in [-0.39, 0.29) is 5.56 Å². The molecule has 1 amide bonds. The predicted molar refractivity (Wildman–Crippen MR) is 65.0 cm³/mol. The van der Waals surface area contributed by atoms with E-state index in [1.807, 2.05) is 0 Å². The lowest BCUT2D eigenvalue weighted by molar-refractivity contribution is 0.0996. The Morgan fingerprint density at radius 2 is 2.00 bits per heavy atom. The van der Waals surface area contributed by atoms with Gasteiger partial charge in [-0.15, -0.1) is 0 Å². The van der Waals surface area contributed by atoms with Crippen LogP contribution in [0.5, 0.6) is 0 Å². The summed E-state index contributed by atoms with van der Waals surface area (Å²) < 4.78 is 13.1. The molecule has 1 aromatic carbocycles. The van der Waals surface area contributed by atoms with Gasteiger partial charge in [0.1, 0.15) is 5.82 Å². The standard InChI is InChI=1S/C9H11FN4O.CH5N/c10-8-2-1-6(14(13)4-3-11)5-7(8)9(12)15;1-2/h1-5H,11,13H2,(H2,12,15);2H2,1H3/b4-3-;. The Kier molecular flexibility index (Phi) is 6.30. The van der Waals surface area contributed by atoms with Crippen LogP contribution in [0.25, 0.3) is 0 Å². The Morgan fingerprint density at radius 1 is 1.41 bits per heavy atom. The zero-order valence-corrected chi connectivity index (χ0v) is 9.43. The maximum absolute atomic E-state index is 13.1. The number of hydrogen-bond donors (Lipinski definition) is 4. The van der Waals surface area contributed by atoms with Crippen LogP contribution in [0.1, 0.15) is 10.4 Å². The monoisotopic (exact) mass is 241 g/mol. The van der Waals surface area contributed by atoms with E-state index in [2.05, 4.69) is 5.73 Å². The first kappa shape index (κ1) is 14.9. The summed E-state index contributed by atoms with van der Waals surface area (Å²) in [7, 11) is 1.50. The van der Waals surface area contributed by atoms with Crippen LogP contribution in [0.15, 0.2) is 30.6 Å². The summed E-state index contributed by atoms with van der Waals surface area (Å²) in [5, 5.41) is 1.14. The van der Waals surface area contributed by atoms with E-state index < -0.39 is 11.7 Å². The van der Waals surface area contributed by atoms with Crippen LogP contribution in [-0.4, -0.2) is 13.0 Å². The van der Waals surface area contributed by atoms with Crippen LogP contribution >= 0.6 is 0 Å². The molecule has 8 N–H and O–H groups in total. The van der Waals surface area contributed by atoms with E-state index in [0.717, 1.165) is 11.1 Å². The van der Waals surface area contributed by atoms with Crippen molar-refractivity contribution in [3.63, 3.8) is 0 Å². The van der Waals surface area contributed by atoms with Crippen LogP contribution in [0.2, 0.25) is 0 Å². The van der Waals surface area contributed by atoms with Gasteiger partial charge in [0.2, 0.25) is 0 Å². The second kappa shape index (κ2) is 7.20. The van der Waals surface area contributed by atoms with E-state index in [9.17, 15) is 9.18 Å². The lowest BCUT2D eigenvalue weighted by Gasteiger charge is -2.13. The molecule has 0 aliphatic heterocycles. The number of carbonyl (C=O) groups is 1. The zero-order valence-electron chi connectivity index (χ0n) is 9.43. The van der Waals surface area contributed by atoms with Crippen molar-refractivity contribution in [3.05, 3.63) is 42.0 Å². The van der Waals surface area contributed by atoms with Crippen molar-refractivity contribution in [2.24, 2.45) is 23.0 Å². The molecule has 0 saturated carbocycles. The minimum absolute atomic E-state index is 0.214. The summed E-state index contributed by atoms with van der Waals surface area (Å²) in [5.74, 6) is 3.98. The van der Waals surface area contributed by atoms with Crippen molar-refractivity contribution in [1.82, 2.24) is 0 Å². The molecule has 0 fully saturated rings. The second-order valence-electron chi connectivity index (χ2n) is 2.78. The molecule has 0 aliphatic carbocycles. The molecule has 0 saturated heterocycles. The third-order valence-corrected chi connectivity index (χ3v) is 1.76. The number of nitrogens with two attached hydrogens (primary N) is 4. The van der Waals surface area contributed by atoms with Gasteiger partial charge in [-0.3, -0.25) is 9.80 Å². The Labute approximate surface area is 98.6 Å². The molecule has 1 aromatic rings. The highest BCUT2D eigenvalue weighted by Crippen LogP contribution is 2.16. The normalized spacial score (nSPS) is 9.65. The van der Waals surface area contributed by atoms with Gasteiger partial charge < -0.3 is 17.2 Å². The van der Waals surface area contributed by atoms with E-state index in [4.69, 9.17) is 17.3 Å². The summed E-state index contributed by atoms with van der Waals surface area (Å²) in [6, 6.07) is 3.76. The molecule has 1 rings (SSSR count). The average molecular weight is 241 g/mol. The highest BCUT2D eigenvalue weighted by Gasteiger charge is 2.10. The van der Waals surface area contributed by atoms with Crippen molar-refractivity contribution < 1.29 is 9.18 Å². The van der Waals surface area contributed by atoms with Crippen molar-refractivity contribution in [1.29, 1.82) is 0 Å². The molecule has 17 heavy (non-hydrogen) atoms. The maximum Gasteiger partial charge on any atom is 0.251 e. The van der Waals surface area contributed by atoms with E-state index in [1.165, 1.54) is 31.6 Å². The first-order chi connectivity index (χ1) is 8.06. The van der Waals surface area contributed by atoms with E-state index >= 15 is 0 Å². The van der Waals surface area contributed by atoms with E-state index in [1.54, 1.807) is 0 Å². The quantitative estimate of drug-likeness (QED) is 0.423. The lowest BCUT2D eigenvalue weighted by atomic mass is 10.2. The van der Waals surface area contributed by atoms with Gasteiger partial charge in [0, 0.05) is 12.4 Å². The van der Waals surface area contributed by atoms with Crippen LogP contribution in [0.4, 0.5) is 10.1 Å². The lowest BCUT2D eigenvalue weighted by Crippen LogP contribution is -2.25. The molecule has 6 nitrogen and oxygen atoms in total. The topological polar surface area (TPSA) is 124 Å². The van der Waals surface area contributed by atoms with Crippen LogP contribution in [0, 0.1) is 5.82 Å². The number of amides is 1. The van der Waals surface area contributed by atoms with Gasteiger partial charge in [0.25, 0.3) is 5.91 Å². The highest BCUT2D eigenvalue weighted by molar-refractivity contribution is 5.94. The van der Waals surface area contributed by atoms with Gasteiger partial charge in [-0.05, 0) is 25.2 Å². The molecule has 0 atom stereocenters. The zero-order chi connectivity index (χ0) is 13.4. The fourth-order valence-corrected chi connectivity index (χ4v) is 1.04. The minimum atomic E-state index is -0.848. The van der Waals surface area contributed by atoms with Crippen molar-refractivity contribution in [3.8, 4) is 0 Å². The van der Waals surface area contributed by atoms with Gasteiger partial charge in [0.15, 0.2) is 0 Å². The first-order valence-electron chi connectivity index (χ1n) is 4.65. The number of carbonyl (C=O) groups excluding carboxylic acids is 1. The summed E-state index contributed by atoms with van der Waals surface area (Å²) >= 11 is 0. The van der Waals surface area contributed by atoms with Crippen molar-refractivity contribution in [2.75, 3.05) is 12.1 Å². The molecule has 0 aromatic heterocycles. The number of benzene rings is 1. The Bertz CT molecular complexity index is 408. The second-order valence-corrected chi connectivity index (χ2v) is 2.78.